The van der Waals surface area contributed by atoms with E-state index in [1.54, 1.807) is 0 Å². The van der Waals surface area contributed by atoms with Crippen LogP contribution in [0.5, 0.6) is 0 Å². The molecule has 2 saturated heterocycles. The van der Waals surface area contributed by atoms with Gasteiger partial charge in [0, 0.05) is 38.8 Å². The SMILES string of the molecule is Cc1ccc(C(CN2CCCCCC2)N2CCNCC2)cc1. The van der Waals surface area contributed by atoms with Crippen LogP contribution in [-0.4, -0.2) is 55.6 Å². The molecule has 2 fully saturated rings. The van der Waals surface area contributed by atoms with Crippen LogP contribution in [0, 0.1) is 6.92 Å². The Kier molecular flexibility index (Phi) is 5.88. The Bertz CT molecular complexity index is 428. The maximum atomic E-state index is 3.49. The summed E-state index contributed by atoms with van der Waals surface area (Å²) in [6, 6.07) is 9.79. The fraction of sp³-hybridized carbons (Fsp3) is 0.684. The van der Waals surface area contributed by atoms with Crippen molar-refractivity contribution in [2.45, 2.75) is 38.6 Å². The summed E-state index contributed by atoms with van der Waals surface area (Å²) in [5, 5.41) is 3.49. The third-order valence-corrected chi connectivity index (χ3v) is 5.18. The average Bonchev–Trinajstić information content (AvgIpc) is 2.83. The standard InChI is InChI=1S/C19H31N3/c1-17-6-8-18(9-7-17)19(22-14-10-20-11-15-22)16-21-12-4-2-3-5-13-21/h6-9,19-20H,2-5,10-16H2,1H3. The van der Waals surface area contributed by atoms with Crippen molar-refractivity contribution in [2.75, 3.05) is 45.8 Å². The Morgan fingerprint density at radius 2 is 1.55 bits per heavy atom. The van der Waals surface area contributed by atoms with Crippen molar-refractivity contribution in [2.24, 2.45) is 0 Å². The second-order valence-electron chi connectivity index (χ2n) is 6.93. The largest absolute Gasteiger partial charge is 0.314 e. The highest BCUT2D eigenvalue weighted by molar-refractivity contribution is 5.24. The highest BCUT2D eigenvalue weighted by atomic mass is 15.2. The van der Waals surface area contributed by atoms with E-state index in [9.17, 15) is 0 Å². The molecule has 0 amide bonds. The Morgan fingerprint density at radius 1 is 0.909 bits per heavy atom. The molecule has 2 aliphatic rings. The third-order valence-electron chi connectivity index (χ3n) is 5.18. The van der Waals surface area contributed by atoms with Crippen LogP contribution in [0.15, 0.2) is 24.3 Å². The van der Waals surface area contributed by atoms with Gasteiger partial charge < -0.3 is 10.2 Å². The fourth-order valence-electron chi connectivity index (χ4n) is 3.78. The van der Waals surface area contributed by atoms with E-state index in [2.05, 4.69) is 46.3 Å². The lowest BCUT2D eigenvalue weighted by molar-refractivity contribution is 0.126. The first kappa shape index (κ1) is 16.0. The zero-order valence-electron chi connectivity index (χ0n) is 14.1. The molecule has 3 rings (SSSR count). The monoisotopic (exact) mass is 301 g/mol. The first-order valence-electron chi connectivity index (χ1n) is 9.06. The Morgan fingerprint density at radius 3 is 2.18 bits per heavy atom. The van der Waals surface area contributed by atoms with Gasteiger partial charge in [-0.2, -0.15) is 0 Å². The van der Waals surface area contributed by atoms with E-state index in [0.29, 0.717) is 6.04 Å². The number of benzene rings is 1. The molecule has 1 aromatic carbocycles. The Hall–Kier alpha value is -0.900. The molecule has 122 valence electrons. The van der Waals surface area contributed by atoms with Crippen LogP contribution >= 0.6 is 0 Å². The van der Waals surface area contributed by atoms with E-state index in [-0.39, 0.29) is 0 Å². The van der Waals surface area contributed by atoms with Gasteiger partial charge in [-0.15, -0.1) is 0 Å². The van der Waals surface area contributed by atoms with E-state index in [4.69, 9.17) is 0 Å². The lowest BCUT2D eigenvalue weighted by Crippen LogP contribution is -2.48. The number of hydrogen-bond acceptors (Lipinski definition) is 3. The number of rotatable bonds is 4. The van der Waals surface area contributed by atoms with Crippen molar-refractivity contribution < 1.29 is 0 Å². The molecular weight excluding hydrogens is 270 g/mol. The molecule has 0 spiro atoms. The summed E-state index contributed by atoms with van der Waals surface area (Å²) < 4.78 is 0. The van der Waals surface area contributed by atoms with Gasteiger partial charge in [-0.1, -0.05) is 42.7 Å². The van der Waals surface area contributed by atoms with Gasteiger partial charge in [0.05, 0.1) is 0 Å². The minimum Gasteiger partial charge on any atom is -0.314 e. The summed E-state index contributed by atoms with van der Waals surface area (Å²) in [6.45, 7) is 10.5. The topological polar surface area (TPSA) is 18.5 Å². The minimum atomic E-state index is 0.556. The number of hydrogen-bond donors (Lipinski definition) is 1. The van der Waals surface area contributed by atoms with Crippen molar-refractivity contribution in [3.8, 4) is 0 Å². The first-order chi connectivity index (χ1) is 10.8. The summed E-state index contributed by atoms with van der Waals surface area (Å²) in [5.41, 5.74) is 2.86. The summed E-state index contributed by atoms with van der Waals surface area (Å²) in [4.78, 5) is 5.39. The van der Waals surface area contributed by atoms with Gasteiger partial charge in [0.2, 0.25) is 0 Å². The second-order valence-corrected chi connectivity index (χ2v) is 6.93. The van der Waals surface area contributed by atoms with E-state index in [1.807, 2.05) is 0 Å². The molecular formula is C19H31N3. The zero-order chi connectivity index (χ0) is 15.2. The molecule has 0 radical (unpaired) electrons. The molecule has 0 aliphatic carbocycles. The van der Waals surface area contributed by atoms with Crippen LogP contribution in [-0.2, 0) is 0 Å². The van der Waals surface area contributed by atoms with Crippen LogP contribution < -0.4 is 5.32 Å². The number of aryl methyl sites for hydroxylation is 1. The van der Waals surface area contributed by atoms with Gasteiger partial charge in [-0.25, -0.2) is 0 Å². The summed E-state index contributed by atoms with van der Waals surface area (Å²) in [7, 11) is 0. The molecule has 2 heterocycles. The molecule has 1 unspecified atom stereocenters. The Balaban J connectivity index is 1.73. The summed E-state index contributed by atoms with van der Waals surface area (Å²) >= 11 is 0. The van der Waals surface area contributed by atoms with Crippen LogP contribution in [0.2, 0.25) is 0 Å². The van der Waals surface area contributed by atoms with Crippen LogP contribution in [0.1, 0.15) is 42.9 Å². The van der Waals surface area contributed by atoms with Gasteiger partial charge in [0.1, 0.15) is 0 Å². The molecule has 1 N–H and O–H groups in total. The van der Waals surface area contributed by atoms with E-state index in [0.717, 1.165) is 13.1 Å². The highest BCUT2D eigenvalue weighted by Crippen LogP contribution is 2.24. The number of likely N-dealkylation sites (tertiary alicyclic amines) is 1. The minimum absolute atomic E-state index is 0.556. The second kappa shape index (κ2) is 8.09. The lowest BCUT2D eigenvalue weighted by atomic mass is 10.0. The van der Waals surface area contributed by atoms with Crippen LogP contribution in [0.25, 0.3) is 0 Å². The van der Waals surface area contributed by atoms with E-state index in [1.165, 1.54) is 69.5 Å². The zero-order valence-corrected chi connectivity index (χ0v) is 14.1. The van der Waals surface area contributed by atoms with Gasteiger partial charge in [0.15, 0.2) is 0 Å². The third kappa shape index (κ3) is 4.31. The van der Waals surface area contributed by atoms with Crippen LogP contribution in [0.3, 0.4) is 0 Å². The molecule has 22 heavy (non-hydrogen) atoms. The molecule has 1 atom stereocenters. The Labute approximate surface area is 135 Å². The van der Waals surface area contributed by atoms with E-state index >= 15 is 0 Å². The molecule has 3 heteroatoms. The average molecular weight is 301 g/mol. The van der Waals surface area contributed by atoms with Crippen molar-refractivity contribution in [1.82, 2.24) is 15.1 Å². The van der Waals surface area contributed by atoms with Gasteiger partial charge >= 0.3 is 0 Å². The van der Waals surface area contributed by atoms with Crippen molar-refractivity contribution in [1.29, 1.82) is 0 Å². The van der Waals surface area contributed by atoms with Crippen molar-refractivity contribution >= 4 is 0 Å². The van der Waals surface area contributed by atoms with Gasteiger partial charge in [-0.3, -0.25) is 4.90 Å². The number of nitrogens with zero attached hydrogens (tertiary/aromatic N) is 2. The molecule has 0 saturated carbocycles. The van der Waals surface area contributed by atoms with Crippen molar-refractivity contribution in [3.05, 3.63) is 35.4 Å². The predicted octanol–water partition coefficient (Wildman–Crippen LogP) is 2.82. The lowest BCUT2D eigenvalue weighted by Gasteiger charge is -2.38. The number of piperazine rings is 1. The maximum absolute atomic E-state index is 3.49. The smallest absolute Gasteiger partial charge is 0.0476 e. The van der Waals surface area contributed by atoms with Crippen molar-refractivity contribution in [3.63, 3.8) is 0 Å². The van der Waals surface area contributed by atoms with Crippen LogP contribution in [0.4, 0.5) is 0 Å². The van der Waals surface area contributed by atoms with E-state index < -0.39 is 0 Å². The summed E-state index contributed by atoms with van der Waals surface area (Å²) in [6.07, 6.45) is 5.59. The predicted molar refractivity (Wildman–Crippen MR) is 93.3 cm³/mol. The first-order valence-corrected chi connectivity index (χ1v) is 9.06. The van der Waals surface area contributed by atoms with Gasteiger partial charge in [0.25, 0.3) is 0 Å². The molecule has 3 nitrogen and oxygen atoms in total. The molecule has 1 aromatic rings. The molecule has 2 aliphatic heterocycles. The number of nitrogens with one attached hydrogen (secondary N) is 1. The molecule has 0 aromatic heterocycles. The molecule has 0 bridgehead atoms. The van der Waals surface area contributed by atoms with Gasteiger partial charge in [-0.05, 0) is 38.4 Å². The highest BCUT2D eigenvalue weighted by Gasteiger charge is 2.24. The quantitative estimate of drug-likeness (QED) is 0.922. The fourth-order valence-corrected chi connectivity index (χ4v) is 3.78. The maximum Gasteiger partial charge on any atom is 0.0476 e. The summed E-state index contributed by atoms with van der Waals surface area (Å²) in [5.74, 6) is 0. The normalized spacial score (nSPS) is 23.1.